The average molecular weight is 450 g/mol. The third-order valence-corrected chi connectivity index (χ3v) is 4.12. The van der Waals surface area contributed by atoms with Gasteiger partial charge < -0.3 is 48.9 Å². The summed E-state index contributed by atoms with van der Waals surface area (Å²) in [6, 6.07) is -1.57. The molecule has 0 radical (unpaired) electrons. The maximum Gasteiger partial charge on any atom is 0.322 e. The van der Waals surface area contributed by atoms with Gasteiger partial charge in [0.05, 0.1) is 7.11 Å². The maximum atomic E-state index is 10.7. The van der Waals surface area contributed by atoms with Crippen molar-refractivity contribution in [3.05, 3.63) is 0 Å². The van der Waals surface area contributed by atoms with E-state index in [-0.39, 0.29) is 18.0 Å². The number of nitrogens with zero attached hydrogens (tertiary/aromatic N) is 1. The quantitative estimate of drug-likeness (QED) is 0.0729. The zero-order chi connectivity index (χ0) is 24.2. The van der Waals surface area contributed by atoms with Gasteiger partial charge in [-0.1, -0.05) is 6.42 Å². The van der Waals surface area contributed by atoms with Gasteiger partial charge in [0, 0.05) is 6.54 Å². The summed E-state index contributed by atoms with van der Waals surface area (Å²) in [7, 11) is 1.34. The first-order valence-corrected chi connectivity index (χ1v) is 10.1. The molecule has 0 amide bonds. The minimum absolute atomic E-state index is 0.0129. The number of aliphatic carboxylic acids is 2. The van der Waals surface area contributed by atoms with Crippen LogP contribution < -0.4 is 34.0 Å². The fourth-order valence-electron chi connectivity index (χ4n) is 2.32. The molecule has 1 aliphatic heterocycles. The summed E-state index contributed by atoms with van der Waals surface area (Å²) in [5.74, 6) is -2.05. The molecule has 13 N–H and O–H groups in total. The van der Waals surface area contributed by atoms with E-state index in [2.05, 4.69) is 15.0 Å². The van der Waals surface area contributed by atoms with Crippen LogP contribution in [0.15, 0.2) is 4.99 Å². The van der Waals surface area contributed by atoms with Crippen molar-refractivity contribution in [3.63, 3.8) is 0 Å². The fourth-order valence-corrected chi connectivity index (χ4v) is 2.32. The Labute approximate surface area is 182 Å². The molecule has 0 aromatic carbocycles. The molecule has 0 saturated carbocycles. The number of carboxylic acid groups (broad SMARTS) is 2. The number of methoxy groups -OCH3 is 1. The number of aliphatic imine (C=N–C) groups is 1. The minimum atomic E-state index is -1.00. The van der Waals surface area contributed by atoms with Crippen LogP contribution in [-0.2, 0) is 19.1 Å². The lowest BCUT2D eigenvalue weighted by atomic mass is 10.1. The molecule has 1 saturated heterocycles. The van der Waals surface area contributed by atoms with Gasteiger partial charge in [-0.25, -0.2) is 0 Å². The first-order valence-electron chi connectivity index (χ1n) is 10.1. The predicted octanol–water partition coefficient (Wildman–Crippen LogP) is -2.11. The number of nitrogens with one attached hydrogen (secondary N) is 1. The number of carboxylic acids is 2. The van der Waals surface area contributed by atoms with E-state index in [1.165, 1.54) is 7.11 Å². The van der Waals surface area contributed by atoms with E-state index >= 15 is 0 Å². The average Bonchev–Trinajstić information content (AvgIpc) is 3.26. The Kier molecular flexibility index (Phi) is 19.3. The van der Waals surface area contributed by atoms with Crippen LogP contribution in [0.4, 0.5) is 0 Å². The monoisotopic (exact) mass is 449 g/mol. The van der Waals surface area contributed by atoms with Crippen molar-refractivity contribution in [2.24, 2.45) is 33.7 Å². The van der Waals surface area contributed by atoms with Crippen LogP contribution in [0.2, 0.25) is 0 Å². The summed E-state index contributed by atoms with van der Waals surface area (Å²) in [5.41, 5.74) is 26.0. The lowest BCUT2D eigenvalue weighted by molar-refractivity contribution is -0.142. The number of nitrogens with two attached hydrogens (primary N) is 5. The van der Waals surface area contributed by atoms with Crippen LogP contribution in [0, 0.1) is 0 Å². The fraction of sp³-hybridized carbons (Fsp3) is 0.778. The molecule has 0 bridgehead atoms. The van der Waals surface area contributed by atoms with Crippen molar-refractivity contribution in [1.82, 2.24) is 5.32 Å². The Hall–Kier alpha value is -2.48. The van der Waals surface area contributed by atoms with Crippen molar-refractivity contribution < 1.29 is 29.3 Å². The molecule has 0 aromatic rings. The SMILES string of the molecule is COC(=O)C(N)CCCCN.NC(N)=NCCCC(N)C(=O)O.O=C(O)[C@@H]1CCCN1. The summed E-state index contributed by atoms with van der Waals surface area (Å²) in [6.07, 6.45) is 5.19. The third-order valence-electron chi connectivity index (χ3n) is 4.12. The molecule has 0 spiro atoms. The van der Waals surface area contributed by atoms with Crippen LogP contribution in [0.3, 0.4) is 0 Å². The molecule has 1 fully saturated rings. The number of unbranched alkanes of at least 4 members (excludes halogenated alkanes) is 1. The number of rotatable bonds is 11. The molecule has 31 heavy (non-hydrogen) atoms. The predicted molar refractivity (Wildman–Crippen MR) is 117 cm³/mol. The van der Waals surface area contributed by atoms with Crippen LogP contribution in [0.5, 0.6) is 0 Å². The van der Waals surface area contributed by atoms with Gasteiger partial charge in [0.2, 0.25) is 0 Å². The molecule has 3 atom stereocenters. The smallest absolute Gasteiger partial charge is 0.322 e. The van der Waals surface area contributed by atoms with Crippen LogP contribution in [-0.4, -0.2) is 79.0 Å². The van der Waals surface area contributed by atoms with Gasteiger partial charge in [-0.3, -0.25) is 19.4 Å². The number of carbonyl (C=O) groups excluding carboxylic acids is 1. The number of ether oxygens (including phenoxy) is 1. The molecule has 2 unspecified atom stereocenters. The minimum Gasteiger partial charge on any atom is -0.480 e. The second kappa shape index (κ2) is 19.5. The first kappa shape index (κ1) is 30.7. The van der Waals surface area contributed by atoms with E-state index in [1.807, 2.05) is 0 Å². The van der Waals surface area contributed by atoms with Crippen molar-refractivity contribution >= 4 is 23.9 Å². The highest BCUT2D eigenvalue weighted by molar-refractivity contribution is 5.76. The molecule has 13 nitrogen and oxygen atoms in total. The lowest BCUT2D eigenvalue weighted by Gasteiger charge is -2.07. The highest BCUT2D eigenvalue weighted by atomic mass is 16.5. The second-order valence-electron chi connectivity index (χ2n) is 6.79. The lowest BCUT2D eigenvalue weighted by Crippen LogP contribution is -2.31. The van der Waals surface area contributed by atoms with Gasteiger partial charge in [0.1, 0.15) is 18.1 Å². The van der Waals surface area contributed by atoms with E-state index < -0.39 is 24.0 Å². The van der Waals surface area contributed by atoms with E-state index in [9.17, 15) is 14.4 Å². The Balaban J connectivity index is 0. The number of hydrogen-bond acceptors (Lipinski definition) is 9. The summed E-state index contributed by atoms with van der Waals surface area (Å²) >= 11 is 0. The Bertz CT molecular complexity index is 537. The summed E-state index contributed by atoms with van der Waals surface area (Å²) < 4.78 is 4.45. The van der Waals surface area contributed by atoms with Crippen molar-refractivity contribution in [3.8, 4) is 0 Å². The summed E-state index contributed by atoms with van der Waals surface area (Å²) in [6.45, 7) is 1.92. The van der Waals surface area contributed by atoms with Gasteiger partial charge in [0.15, 0.2) is 5.96 Å². The van der Waals surface area contributed by atoms with Gasteiger partial charge >= 0.3 is 17.9 Å². The molecule has 13 heteroatoms. The van der Waals surface area contributed by atoms with E-state index in [0.717, 1.165) is 32.2 Å². The Morgan fingerprint density at radius 3 is 2.10 bits per heavy atom. The highest BCUT2D eigenvalue weighted by Crippen LogP contribution is 2.03. The topological polar surface area (TPSA) is 255 Å². The van der Waals surface area contributed by atoms with Crippen LogP contribution >= 0.6 is 0 Å². The Morgan fingerprint density at radius 2 is 1.71 bits per heavy atom. The van der Waals surface area contributed by atoms with Crippen molar-refractivity contribution in [2.75, 3.05) is 26.7 Å². The van der Waals surface area contributed by atoms with E-state index in [0.29, 0.717) is 32.4 Å². The summed E-state index contributed by atoms with van der Waals surface area (Å²) in [4.78, 5) is 34.8. The van der Waals surface area contributed by atoms with Gasteiger partial charge in [-0.05, 0) is 51.6 Å². The standard InChI is InChI=1S/C7H16N2O2.C6H14N4O2.C5H9NO2/c1-11-7(10)6(9)4-2-3-5-8;7-4(5(11)12)2-1-3-10-6(8)9;7-5(8)4-2-1-3-6-4/h6H,2-5,8-9H2,1H3;4H,1-3,7H2,(H,11,12)(H4,8,9,10);4,6H,1-3H2,(H,7,8)/t;;4-/m..0/s1. The third kappa shape index (κ3) is 19.2. The van der Waals surface area contributed by atoms with E-state index in [4.69, 9.17) is 38.9 Å². The van der Waals surface area contributed by atoms with E-state index in [1.54, 1.807) is 0 Å². The Morgan fingerprint density at radius 1 is 1.10 bits per heavy atom. The first-order chi connectivity index (χ1) is 14.6. The molecule has 1 aliphatic rings. The van der Waals surface area contributed by atoms with Crippen molar-refractivity contribution in [2.45, 2.75) is 63.1 Å². The maximum absolute atomic E-state index is 10.7. The van der Waals surface area contributed by atoms with Crippen LogP contribution in [0.1, 0.15) is 44.9 Å². The molecule has 1 rings (SSSR count). The zero-order valence-electron chi connectivity index (χ0n) is 18.2. The molecular weight excluding hydrogens is 410 g/mol. The number of guanidine groups is 1. The zero-order valence-corrected chi connectivity index (χ0v) is 18.2. The molecule has 182 valence electrons. The van der Waals surface area contributed by atoms with Crippen LogP contribution in [0.25, 0.3) is 0 Å². The van der Waals surface area contributed by atoms with Gasteiger partial charge in [-0.2, -0.15) is 0 Å². The largest absolute Gasteiger partial charge is 0.480 e. The number of esters is 1. The molecule has 1 heterocycles. The molecular formula is C18H39N7O6. The summed E-state index contributed by atoms with van der Waals surface area (Å²) in [5, 5.41) is 19.6. The number of carbonyl (C=O) groups is 3. The molecule has 0 aliphatic carbocycles. The number of hydrogen-bond donors (Lipinski definition) is 8. The highest BCUT2D eigenvalue weighted by Gasteiger charge is 2.20. The van der Waals surface area contributed by atoms with Gasteiger partial charge in [0.25, 0.3) is 0 Å². The molecule has 0 aromatic heterocycles. The normalized spacial score (nSPS) is 16.5. The second-order valence-corrected chi connectivity index (χ2v) is 6.79. The van der Waals surface area contributed by atoms with Gasteiger partial charge in [-0.15, -0.1) is 0 Å². The van der Waals surface area contributed by atoms with Crippen molar-refractivity contribution in [1.29, 1.82) is 0 Å².